The first-order valence-electron chi connectivity index (χ1n) is 9.35. The summed E-state index contributed by atoms with van der Waals surface area (Å²) in [6.07, 6.45) is -0.404. The second kappa shape index (κ2) is 7.00. The maximum Gasteiger partial charge on any atom is 0.193 e. The van der Waals surface area contributed by atoms with Crippen molar-refractivity contribution in [3.63, 3.8) is 0 Å². The van der Waals surface area contributed by atoms with E-state index in [0.717, 1.165) is 22.3 Å². The quantitative estimate of drug-likeness (QED) is 0.807. The third kappa shape index (κ3) is 3.05. The second-order valence-electron chi connectivity index (χ2n) is 7.94. The number of ether oxygens (including phenoxy) is 1. The number of aliphatic hydroxyl groups is 2. The van der Waals surface area contributed by atoms with Crippen molar-refractivity contribution in [1.29, 1.82) is 5.26 Å². The predicted molar refractivity (Wildman–Crippen MR) is 109 cm³/mol. The lowest BCUT2D eigenvalue weighted by Gasteiger charge is -2.35. The lowest BCUT2D eigenvalue weighted by Crippen LogP contribution is -2.30. The van der Waals surface area contributed by atoms with Crippen molar-refractivity contribution in [2.24, 2.45) is 0 Å². The van der Waals surface area contributed by atoms with Crippen molar-refractivity contribution in [3.8, 4) is 11.8 Å². The highest BCUT2D eigenvalue weighted by molar-refractivity contribution is 6.34. The van der Waals surface area contributed by atoms with Crippen LogP contribution >= 0.6 is 11.6 Å². The number of nitrogens with zero attached hydrogens (tertiary/aromatic N) is 1. The molecule has 148 valence electrons. The molecule has 4 rings (SSSR count). The Morgan fingerprint density at radius 1 is 1.28 bits per heavy atom. The van der Waals surface area contributed by atoms with E-state index in [1.807, 2.05) is 12.1 Å². The van der Waals surface area contributed by atoms with Gasteiger partial charge in [0.25, 0.3) is 0 Å². The first kappa shape index (κ1) is 19.7. The van der Waals surface area contributed by atoms with Gasteiger partial charge in [-0.3, -0.25) is 4.79 Å². The molecule has 0 aromatic heterocycles. The largest absolute Gasteiger partial charge is 0.489 e. The zero-order chi connectivity index (χ0) is 20.9. The SMILES string of the molecule is CC1(C)C2=C(C(=O)c3cc(C#N)c(OC[C@H](O)CO)cc31)c1ccc(Cl)cc1C2. The number of carbonyl (C=O) groups is 1. The number of benzene rings is 2. The van der Waals surface area contributed by atoms with Gasteiger partial charge < -0.3 is 14.9 Å². The highest BCUT2D eigenvalue weighted by Gasteiger charge is 2.43. The average molecular weight is 410 g/mol. The van der Waals surface area contributed by atoms with E-state index in [1.54, 1.807) is 18.2 Å². The Morgan fingerprint density at radius 3 is 2.72 bits per heavy atom. The van der Waals surface area contributed by atoms with Crippen molar-refractivity contribution >= 4 is 23.0 Å². The summed E-state index contributed by atoms with van der Waals surface area (Å²) in [6.45, 7) is 3.53. The molecule has 2 N–H and O–H groups in total. The van der Waals surface area contributed by atoms with Crippen LogP contribution in [0.15, 0.2) is 35.9 Å². The van der Waals surface area contributed by atoms with Gasteiger partial charge >= 0.3 is 0 Å². The molecule has 0 saturated carbocycles. The monoisotopic (exact) mass is 409 g/mol. The molecular formula is C23H20ClNO4. The number of hydrogen-bond donors (Lipinski definition) is 2. The second-order valence-corrected chi connectivity index (χ2v) is 8.38. The molecule has 0 fully saturated rings. The van der Waals surface area contributed by atoms with E-state index in [4.69, 9.17) is 21.4 Å². The smallest absolute Gasteiger partial charge is 0.193 e. The lowest BCUT2D eigenvalue weighted by molar-refractivity contribution is 0.0534. The molecule has 2 aliphatic rings. The van der Waals surface area contributed by atoms with Gasteiger partial charge in [0, 0.05) is 21.6 Å². The summed E-state index contributed by atoms with van der Waals surface area (Å²) in [7, 11) is 0. The molecule has 29 heavy (non-hydrogen) atoms. The third-order valence-corrected chi connectivity index (χ3v) is 6.02. The van der Waals surface area contributed by atoms with Crippen LogP contribution in [-0.4, -0.2) is 35.3 Å². The van der Waals surface area contributed by atoms with Gasteiger partial charge in [0.05, 0.1) is 12.2 Å². The fourth-order valence-corrected chi connectivity index (χ4v) is 4.41. The molecule has 5 nitrogen and oxygen atoms in total. The Balaban J connectivity index is 1.84. The summed E-state index contributed by atoms with van der Waals surface area (Å²) in [4.78, 5) is 13.4. The number of Topliss-reactive ketones (excluding diaryl/α,β-unsaturated/α-hetero) is 1. The van der Waals surface area contributed by atoms with Crippen LogP contribution in [0.1, 0.15) is 46.5 Å². The van der Waals surface area contributed by atoms with Crippen LogP contribution < -0.4 is 4.74 Å². The maximum atomic E-state index is 13.4. The highest BCUT2D eigenvalue weighted by Crippen LogP contribution is 2.51. The van der Waals surface area contributed by atoms with Gasteiger partial charge in [0.15, 0.2) is 5.78 Å². The van der Waals surface area contributed by atoms with E-state index >= 15 is 0 Å². The summed E-state index contributed by atoms with van der Waals surface area (Å²) >= 11 is 6.16. The molecule has 2 aromatic carbocycles. The molecule has 0 aliphatic heterocycles. The number of ketones is 1. The van der Waals surface area contributed by atoms with Gasteiger partial charge in [-0.2, -0.15) is 5.26 Å². The molecule has 0 saturated heterocycles. The van der Waals surface area contributed by atoms with Gasteiger partial charge in [-0.1, -0.05) is 31.5 Å². The zero-order valence-corrected chi connectivity index (χ0v) is 16.9. The standard InChI is InChI=1S/C23H20ClNO4/c1-23(2)18-8-20(29-11-15(27)10-26)13(9-25)6-17(18)22(28)21-16-4-3-14(24)5-12(16)7-19(21)23/h3-6,8,15,26-27H,7,10-11H2,1-2H3/t15-/m1/s1. The van der Waals surface area contributed by atoms with Crippen LogP contribution in [0.4, 0.5) is 0 Å². The number of halogens is 1. The van der Waals surface area contributed by atoms with Gasteiger partial charge in [-0.25, -0.2) is 0 Å². The first-order chi connectivity index (χ1) is 13.8. The van der Waals surface area contributed by atoms with Crippen LogP contribution in [0.25, 0.3) is 5.57 Å². The highest BCUT2D eigenvalue weighted by atomic mass is 35.5. The number of hydrogen-bond acceptors (Lipinski definition) is 5. The van der Waals surface area contributed by atoms with Crippen LogP contribution in [0.5, 0.6) is 5.75 Å². The van der Waals surface area contributed by atoms with Crippen molar-refractivity contribution in [2.45, 2.75) is 31.8 Å². The average Bonchev–Trinajstić information content (AvgIpc) is 3.09. The molecule has 6 heteroatoms. The first-order valence-corrected chi connectivity index (χ1v) is 9.73. The third-order valence-electron chi connectivity index (χ3n) is 5.79. The van der Waals surface area contributed by atoms with E-state index in [9.17, 15) is 15.2 Å². The fraction of sp³-hybridized carbons (Fsp3) is 0.304. The topological polar surface area (TPSA) is 90.6 Å². The summed E-state index contributed by atoms with van der Waals surface area (Å²) < 4.78 is 5.59. The molecule has 0 spiro atoms. The molecule has 0 heterocycles. The predicted octanol–water partition coefficient (Wildman–Crippen LogP) is 3.43. The van der Waals surface area contributed by atoms with Crippen LogP contribution in [0.2, 0.25) is 5.02 Å². The fourth-order valence-electron chi connectivity index (χ4n) is 4.21. The Hall–Kier alpha value is -2.65. The maximum absolute atomic E-state index is 13.4. The number of aliphatic hydroxyl groups excluding tert-OH is 2. The summed E-state index contributed by atoms with van der Waals surface area (Å²) in [5.41, 5.74) is 4.69. The molecule has 2 aromatic rings. The molecule has 2 aliphatic carbocycles. The van der Waals surface area contributed by atoms with Crippen molar-refractivity contribution in [3.05, 3.63) is 68.7 Å². The van der Waals surface area contributed by atoms with E-state index < -0.39 is 18.1 Å². The minimum absolute atomic E-state index is 0.103. The number of fused-ring (bicyclic) bond motifs is 3. The Kier molecular flexibility index (Phi) is 4.74. The summed E-state index contributed by atoms with van der Waals surface area (Å²) in [5, 5.41) is 28.8. The van der Waals surface area contributed by atoms with E-state index in [2.05, 4.69) is 19.9 Å². The van der Waals surface area contributed by atoms with Crippen LogP contribution in [0.3, 0.4) is 0 Å². The Labute approximate surface area is 173 Å². The zero-order valence-electron chi connectivity index (χ0n) is 16.1. The molecular weight excluding hydrogens is 390 g/mol. The van der Waals surface area contributed by atoms with E-state index in [1.165, 1.54) is 0 Å². The molecule has 0 amide bonds. The van der Waals surface area contributed by atoms with Crippen molar-refractivity contribution in [1.82, 2.24) is 0 Å². The van der Waals surface area contributed by atoms with Crippen molar-refractivity contribution < 1.29 is 19.7 Å². The van der Waals surface area contributed by atoms with E-state index in [0.29, 0.717) is 28.3 Å². The van der Waals surface area contributed by atoms with E-state index in [-0.39, 0.29) is 18.0 Å². The Morgan fingerprint density at radius 2 is 2.03 bits per heavy atom. The molecule has 0 bridgehead atoms. The summed E-state index contributed by atoms with van der Waals surface area (Å²) in [5.74, 6) is 0.191. The minimum Gasteiger partial charge on any atom is -0.489 e. The minimum atomic E-state index is -1.05. The number of carbonyl (C=O) groups excluding carboxylic acids is 1. The van der Waals surface area contributed by atoms with Gasteiger partial charge in [-0.05, 0) is 52.9 Å². The van der Waals surface area contributed by atoms with Crippen LogP contribution in [-0.2, 0) is 11.8 Å². The molecule has 1 atom stereocenters. The summed E-state index contributed by atoms with van der Waals surface area (Å²) in [6, 6.07) is 10.9. The van der Waals surface area contributed by atoms with Gasteiger partial charge in [0.2, 0.25) is 0 Å². The van der Waals surface area contributed by atoms with Gasteiger partial charge in [-0.15, -0.1) is 0 Å². The number of nitriles is 1. The van der Waals surface area contributed by atoms with Crippen LogP contribution in [0, 0.1) is 11.3 Å². The normalized spacial score (nSPS) is 17.3. The lowest BCUT2D eigenvalue weighted by atomic mass is 9.68. The molecule has 0 radical (unpaired) electrons. The van der Waals surface area contributed by atoms with Crippen molar-refractivity contribution in [2.75, 3.05) is 13.2 Å². The van der Waals surface area contributed by atoms with Gasteiger partial charge in [0.1, 0.15) is 24.5 Å². The number of rotatable bonds is 4. The Bertz CT molecular complexity index is 1110. The number of allylic oxidation sites excluding steroid dienone is 2. The molecule has 0 unspecified atom stereocenters.